The van der Waals surface area contributed by atoms with Crippen molar-refractivity contribution in [2.45, 2.75) is 12.8 Å². The molecule has 78 valence electrons. The van der Waals surface area contributed by atoms with Gasteiger partial charge >= 0.3 is 0 Å². The van der Waals surface area contributed by atoms with Gasteiger partial charge < -0.3 is 10.5 Å². The summed E-state index contributed by atoms with van der Waals surface area (Å²) >= 11 is 6.03. The minimum atomic E-state index is 0.592. The summed E-state index contributed by atoms with van der Waals surface area (Å²) in [6, 6.07) is 9.50. The third-order valence-corrected chi connectivity index (χ3v) is 2.53. The first-order valence-corrected chi connectivity index (χ1v) is 5.23. The summed E-state index contributed by atoms with van der Waals surface area (Å²) < 4.78 is 5.63. The van der Waals surface area contributed by atoms with Crippen LogP contribution in [0.2, 0.25) is 0 Å². The topological polar surface area (TPSA) is 35.2 Å². The molecule has 0 heterocycles. The number of nitrogens with two attached hydrogens (primary N) is 1. The Kier molecular flexibility index (Phi) is 2.97. The summed E-state index contributed by atoms with van der Waals surface area (Å²) in [4.78, 5) is 0. The zero-order valence-corrected chi connectivity index (χ0v) is 9.00. The molecular weight excluding hydrogens is 210 g/mol. The smallest absolute Gasteiger partial charge is 0.164 e. The van der Waals surface area contributed by atoms with Gasteiger partial charge in [-0.3, -0.25) is 0 Å². The number of ether oxygens (including phenoxy) is 1. The molecule has 0 unspecified atom stereocenters. The van der Waals surface area contributed by atoms with E-state index >= 15 is 0 Å². The molecule has 0 radical (unpaired) electrons. The lowest BCUT2D eigenvalue weighted by Crippen LogP contribution is -2.11. The first-order valence-electron chi connectivity index (χ1n) is 4.85. The van der Waals surface area contributed by atoms with Crippen molar-refractivity contribution in [3.8, 4) is 5.75 Å². The Labute approximate surface area is 94.0 Å². The van der Waals surface area contributed by atoms with E-state index in [4.69, 9.17) is 22.1 Å². The number of halogens is 1. The summed E-state index contributed by atoms with van der Waals surface area (Å²) in [5.74, 6) is 1.35. The Bertz CT molecular complexity index is 409. The SMILES string of the molecule is NC1=C(Oc2ccccc2)C(Cl)=CCC1. The van der Waals surface area contributed by atoms with Crippen LogP contribution < -0.4 is 10.5 Å². The average molecular weight is 222 g/mol. The maximum absolute atomic E-state index is 6.03. The average Bonchev–Trinajstić information content (AvgIpc) is 2.25. The Morgan fingerprint density at radius 3 is 2.60 bits per heavy atom. The quantitative estimate of drug-likeness (QED) is 0.833. The summed E-state index contributed by atoms with van der Waals surface area (Å²) in [6.45, 7) is 0. The van der Waals surface area contributed by atoms with Crippen LogP contribution in [0.4, 0.5) is 0 Å². The van der Waals surface area contributed by atoms with Gasteiger partial charge in [0.15, 0.2) is 5.76 Å². The van der Waals surface area contributed by atoms with Crippen molar-refractivity contribution in [3.05, 3.63) is 52.9 Å². The molecule has 15 heavy (non-hydrogen) atoms. The van der Waals surface area contributed by atoms with Crippen molar-refractivity contribution >= 4 is 11.6 Å². The molecule has 2 rings (SSSR count). The fourth-order valence-corrected chi connectivity index (χ4v) is 1.70. The molecule has 1 aliphatic carbocycles. The number of hydrogen-bond acceptors (Lipinski definition) is 2. The van der Waals surface area contributed by atoms with Crippen LogP contribution in [-0.2, 0) is 0 Å². The summed E-state index contributed by atoms with van der Waals surface area (Å²) in [5, 5.41) is 0.600. The normalized spacial score (nSPS) is 16.2. The van der Waals surface area contributed by atoms with Crippen LogP contribution in [0.25, 0.3) is 0 Å². The zero-order chi connectivity index (χ0) is 10.7. The maximum atomic E-state index is 6.03. The Morgan fingerprint density at radius 1 is 1.20 bits per heavy atom. The van der Waals surface area contributed by atoms with Gasteiger partial charge in [-0.2, -0.15) is 0 Å². The van der Waals surface area contributed by atoms with E-state index in [9.17, 15) is 0 Å². The lowest BCUT2D eigenvalue weighted by Gasteiger charge is -2.16. The minimum Gasteiger partial charge on any atom is -0.454 e. The molecule has 3 heteroatoms. The molecule has 0 aliphatic heterocycles. The van der Waals surface area contributed by atoms with Gasteiger partial charge in [0.1, 0.15) is 5.75 Å². The van der Waals surface area contributed by atoms with Gasteiger partial charge in [-0.15, -0.1) is 0 Å². The standard InChI is InChI=1S/C12H12ClNO/c13-10-7-4-8-11(14)12(10)15-9-5-2-1-3-6-9/h1-3,5-7H,4,8,14H2. The monoisotopic (exact) mass is 221 g/mol. The highest BCUT2D eigenvalue weighted by Gasteiger charge is 2.14. The van der Waals surface area contributed by atoms with E-state index in [0.717, 1.165) is 18.6 Å². The molecule has 2 N–H and O–H groups in total. The number of hydrogen-bond donors (Lipinski definition) is 1. The van der Waals surface area contributed by atoms with Crippen LogP contribution in [0.15, 0.2) is 52.9 Å². The van der Waals surface area contributed by atoms with Crippen LogP contribution in [0, 0.1) is 0 Å². The zero-order valence-electron chi connectivity index (χ0n) is 8.24. The Balaban J connectivity index is 2.22. The molecule has 1 aromatic rings. The highest BCUT2D eigenvalue weighted by atomic mass is 35.5. The first kappa shape index (κ1) is 10.1. The van der Waals surface area contributed by atoms with Gasteiger partial charge in [-0.1, -0.05) is 35.9 Å². The number of allylic oxidation sites excluding steroid dienone is 3. The second-order valence-electron chi connectivity index (χ2n) is 3.36. The highest BCUT2D eigenvalue weighted by Crippen LogP contribution is 2.27. The molecule has 0 saturated heterocycles. The van der Waals surface area contributed by atoms with E-state index in [0.29, 0.717) is 16.5 Å². The Hall–Kier alpha value is -1.41. The third-order valence-electron chi connectivity index (χ3n) is 2.21. The Morgan fingerprint density at radius 2 is 1.93 bits per heavy atom. The fourth-order valence-electron chi connectivity index (χ4n) is 1.43. The molecule has 0 spiro atoms. The predicted octanol–water partition coefficient (Wildman–Crippen LogP) is 3.15. The molecule has 0 fully saturated rings. The molecular formula is C12H12ClNO. The van der Waals surface area contributed by atoms with E-state index in [-0.39, 0.29) is 0 Å². The number of rotatable bonds is 2. The first-order chi connectivity index (χ1) is 7.27. The van der Waals surface area contributed by atoms with Crippen LogP contribution >= 0.6 is 11.6 Å². The van der Waals surface area contributed by atoms with E-state index in [2.05, 4.69) is 0 Å². The van der Waals surface area contributed by atoms with Crippen molar-refractivity contribution in [1.29, 1.82) is 0 Å². The van der Waals surface area contributed by atoms with E-state index in [1.165, 1.54) is 0 Å². The van der Waals surface area contributed by atoms with Crippen LogP contribution in [0.5, 0.6) is 5.75 Å². The van der Waals surface area contributed by atoms with Crippen molar-refractivity contribution in [1.82, 2.24) is 0 Å². The van der Waals surface area contributed by atoms with E-state index in [1.54, 1.807) is 0 Å². The molecule has 0 amide bonds. The summed E-state index contributed by atoms with van der Waals surface area (Å²) in [7, 11) is 0. The van der Waals surface area contributed by atoms with Gasteiger partial charge in [0.25, 0.3) is 0 Å². The summed E-state index contributed by atoms with van der Waals surface area (Å²) in [6.07, 6.45) is 3.61. The van der Waals surface area contributed by atoms with Crippen molar-refractivity contribution in [2.24, 2.45) is 5.73 Å². The summed E-state index contributed by atoms with van der Waals surface area (Å²) in [5.41, 5.74) is 6.56. The minimum absolute atomic E-state index is 0.592. The predicted molar refractivity (Wildman–Crippen MR) is 61.5 cm³/mol. The van der Waals surface area contributed by atoms with Crippen molar-refractivity contribution < 1.29 is 4.74 Å². The maximum Gasteiger partial charge on any atom is 0.164 e. The second-order valence-corrected chi connectivity index (χ2v) is 3.77. The number of para-hydroxylation sites is 1. The van der Waals surface area contributed by atoms with Gasteiger partial charge in [-0.05, 0) is 25.0 Å². The number of benzene rings is 1. The van der Waals surface area contributed by atoms with Gasteiger partial charge in [0.05, 0.1) is 10.7 Å². The van der Waals surface area contributed by atoms with Crippen LogP contribution in [0.3, 0.4) is 0 Å². The largest absolute Gasteiger partial charge is 0.454 e. The lowest BCUT2D eigenvalue weighted by atomic mass is 10.1. The molecule has 1 aliphatic rings. The van der Waals surface area contributed by atoms with E-state index < -0.39 is 0 Å². The molecule has 0 saturated carbocycles. The third kappa shape index (κ3) is 2.34. The molecule has 1 aromatic carbocycles. The van der Waals surface area contributed by atoms with Crippen molar-refractivity contribution in [3.63, 3.8) is 0 Å². The fraction of sp³-hybridized carbons (Fsp3) is 0.167. The van der Waals surface area contributed by atoms with Crippen LogP contribution in [-0.4, -0.2) is 0 Å². The lowest BCUT2D eigenvalue weighted by molar-refractivity contribution is 0.428. The van der Waals surface area contributed by atoms with Crippen molar-refractivity contribution in [2.75, 3.05) is 0 Å². The van der Waals surface area contributed by atoms with Gasteiger partial charge in [0.2, 0.25) is 0 Å². The molecule has 0 aromatic heterocycles. The van der Waals surface area contributed by atoms with E-state index in [1.807, 2.05) is 36.4 Å². The molecule has 0 atom stereocenters. The second kappa shape index (κ2) is 4.41. The molecule has 2 nitrogen and oxygen atoms in total. The molecule has 0 bridgehead atoms. The highest BCUT2D eigenvalue weighted by molar-refractivity contribution is 6.31. The van der Waals surface area contributed by atoms with Gasteiger partial charge in [-0.25, -0.2) is 0 Å². The van der Waals surface area contributed by atoms with Crippen LogP contribution in [0.1, 0.15) is 12.8 Å². The van der Waals surface area contributed by atoms with Gasteiger partial charge in [0, 0.05) is 0 Å².